The maximum atomic E-state index is 13.7. The standard InChI is InChI=1S/C31H27FINO5/c1-4-37-24-15-19(14-23(33)30(24)39-16-18-10-12-20(32)13-11-18)26-25(31(36)38-5-2)17(3)34-28-21-8-6-7-9-22(21)29(35)27(26)28/h6-15,26,34H,4-5,16H2,1-3H3/t26-/m0/s1. The van der Waals surface area contributed by atoms with E-state index in [1.165, 1.54) is 12.1 Å². The van der Waals surface area contributed by atoms with Crippen LogP contribution in [-0.4, -0.2) is 25.0 Å². The van der Waals surface area contributed by atoms with Gasteiger partial charge in [0.25, 0.3) is 0 Å². The number of hydrogen-bond donors (Lipinski definition) is 1. The molecule has 3 aromatic rings. The van der Waals surface area contributed by atoms with Crippen LogP contribution in [0.2, 0.25) is 0 Å². The average Bonchev–Trinajstić information content (AvgIpc) is 3.20. The monoisotopic (exact) mass is 639 g/mol. The van der Waals surface area contributed by atoms with E-state index in [1.807, 2.05) is 44.2 Å². The fraction of sp³-hybridized carbons (Fsp3) is 0.226. The zero-order valence-corrected chi connectivity index (χ0v) is 23.9. The Balaban J connectivity index is 1.61. The maximum Gasteiger partial charge on any atom is 0.336 e. The number of esters is 1. The van der Waals surface area contributed by atoms with Crippen molar-refractivity contribution in [3.05, 3.63) is 109 Å². The van der Waals surface area contributed by atoms with Crippen LogP contribution in [0.5, 0.6) is 11.5 Å². The molecule has 1 atom stereocenters. The lowest BCUT2D eigenvalue weighted by atomic mass is 9.79. The highest BCUT2D eigenvalue weighted by molar-refractivity contribution is 14.1. The molecule has 2 aliphatic rings. The van der Waals surface area contributed by atoms with E-state index in [0.717, 1.165) is 20.3 Å². The molecule has 0 amide bonds. The van der Waals surface area contributed by atoms with E-state index in [-0.39, 0.29) is 24.8 Å². The van der Waals surface area contributed by atoms with Gasteiger partial charge in [-0.25, -0.2) is 9.18 Å². The molecule has 200 valence electrons. The summed E-state index contributed by atoms with van der Waals surface area (Å²) in [5.74, 6) is -0.560. The van der Waals surface area contributed by atoms with Crippen LogP contribution < -0.4 is 14.8 Å². The summed E-state index contributed by atoms with van der Waals surface area (Å²) in [6.45, 7) is 6.27. The summed E-state index contributed by atoms with van der Waals surface area (Å²) >= 11 is 2.17. The largest absolute Gasteiger partial charge is 0.490 e. The first-order valence-corrected chi connectivity index (χ1v) is 13.8. The lowest BCUT2D eigenvalue weighted by molar-refractivity contribution is -0.138. The van der Waals surface area contributed by atoms with Gasteiger partial charge in [-0.05, 0) is 78.8 Å². The fourth-order valence-electron chi connectivity index (χ4n) is 5.04. The smallest absolute Gasteiger partial charge is 0.336 e. The van der Waals surface area contributed by atoms with Crippen molar-refractivity contribution >= 4 is 40.0 Å². The number of benzene rings is 3. The van der Waals surface area contributed by atoms with Crippen LogP contribution >= 0.6 is 22.6 Å². The van der Waals surface area contributed by atoms with Gasteiger partial charge in [0.15, 0.2) is 17.3 Å². The summed E-state index contributed by atoms with van der Waals surface area (Å²) in [6, 6.07) is 17.3. The molecular formula is C31H27FINO5. The van der Waals surface area contributed by atoms with E-state index in [1.54, 1.807) is 25.1 Å². The van der Waals surface area contributed by atoms with E-state index < -0.39 is 11.9 Å². The number of halogens is 2. The van der Waals surface area contributed by atoms with E-state index in [2.05, 4.69) is 27.9 Å². The van der Waals surface area contributed by atoms with Gasteiger partial charge < -0.3 is 19.5 Å². The Hall–Kier alpha value is -3.66. The maximum absolute atomic E-state index is 13.7. The number of Topliss-reactive ketones (excluding diaryl/α,β-unsaturated/α-hetero) is 1. The number of hydrogen-bond acceptors (Lipinski definition) is 6. The van der Waals surface area contributed by atoms with Crippen molar-refractivity contribution in [2.75, 3.05) is 13.2 Å². The first-order chi connectivity index (χ1) is 18.8. The number of ketones is 1. The lowest BCUT2D eigenvalue weighted by Gasteiger charge is -2.30. The molecule has 0 radical (unpaired) electrons. The summed E-state index contributed by atoms with van der Waals surface area (Å²) in [5, 5.41) is 3.32. The van der Waals surface area contributed by atoms with Crippen LogP contribution in [0.1, 0.15) is 53.7 Å². The highest BCUT2D eigenvalue weighted by Crippen LogP contribution is 2.48. The van der Waals surface area contributed by atoms with Crippen molar-refractivity contribution in [3.8, 4) is 11.5 Å². The molecule has 1 N–H and O–H groups in total. The molecule has 0 unspecified atom stereocenters. The normalized spacial score (nSPS) is 16.0. The van der Waals surface area contributed by atoms with Gasteiger partial charge in [-0.1, -0.05) is 36.4 Å². The van der Waals surface area contributed by atoms with Gasteiger partial charge in [-0.3, -0.25) is 4.79 Å². The summed E-state index contributed by atoms with van der Waals surface area (Å²) in [7, 11) is 0. The Morgan fingerprint density at radius 3 is 2.41 bits per heavy atom. The van der Waals surface area contributed by atoms with Crippen molar-refractivity contribution in [1.29, 1.82) is 0 Å². The van der Waals surface area contributed by atoms with Gasteiger partial charge in [-0.2, -0.15) is 0 Å². The van der Waals surface area contributed by atoms with Crippen molar-refractivity contribution in [2.45, 2.75) is 33.3 Å². The van der Waals surface area contributed by atoms with E-state index in [0.29, 0.717) is 46.2 Å². The van der Waals surface area contributed by atoms with Gasteiger partial charge in [-0.15, -0.1) is 0 Å². The second kappa shape index (κ2) is 11.2. The van der Waals surface area contributed by atoms with Gasteiger partial charge in [0, 0.05) is 28.3 Å². The van der Waals surface area contributed by atoms with Crippen molar-refractivity contribution < 1.29 is 28.2 Å². The predicted octanol–water partition coefficient (Wildman–Crippen LogP) is 6.54. The molecule has 0 fully saturated rings. The molecule has 8 heteroatoms. The van der Waals surface area contributed by atoms with Gasteiger partial charge in [0.2, 0.25) is 0 Å². The fourth-order valence-corrected chi connectivity index (χ4v) is 5.82. The molecule has 1 aliphatic carbocycles. The third-order valence-electron chi connectivity index (χ3n) is 6.71. The topological polar surface area (TPSA) is 73.9 Å². The quantitative estimate of drug-likeness (QED) is 0.223. The Kier molecular flexibility index (Phi) is 7.74. The summed E-state index contributed by atoms with van der Waals surface area (Å²) < 4.78 is 31.6. The van der Waals surface area contributed by atoms with E-state index in [4.69, 9.17) is 14.2 Å². The minimum Gasteiger partial charge on any atom is -0.490 e. The molecule has 1 heterocycles. The highest BCUT2D eigenvalue weighted by atomic mass is 127. The summed E-state index contributed by atoms with van der Waals surface area (Å²) in [6.07, 6.45) is 0. The number of carbonyl (C=O) groups excluding carboxylic acids is 2. The Morgan fingerprint density at radius 1 is 1.00 bits per heavy atom. The van der Waals surface area contributed by atoms with Crippen LogP contribution in [0.25, 0.3) is 5.70 Å². The first-order valence-electron chi connectivity index (χ1n) is 12.7. The molecule has 3 aromatic carbocycles. The Morgan fingerprint density at radius 2 is 1.72 bits per heavy atom. The minimum absolute atomic E-state index is 0.128. The number of carbonyl (C=O) groups is 2. The van der Waals surface area contributed by atoms with Crippen molar-refractivity contribution in [3.63, 3.8) is 0 Å². The number of fused-ring (bicyclic) bond motifs is 2. The number of nitrogens with one attached hydrogen (secondary N) is 1. The second-order valence-electron chi connectivity index (χ2n) is 9.16. The molecule has 0 aromatic heterocycles. The molecule has 0 bridgehead atoms. The highest BCUT2D eigenvalue weighted by Gasteiger charge is 2.43. The van der Waals surface area contributed by atoms with Gasteiger partial charge in [0.05, 0.1) is 28.1 Å². The number of ether oxygens (including phenoxy) is 3. The van der Waals surface area contributed by atoms with Crippen LogP contribution in [0.4, 0.5) is 4.39 Å². The molecule has 5 rings (SSSR count). The minimum atomic E-state index is -0.668. The molecule has 1 aliphatic heterocycles. The number of dihydropyridines is 1. The molecule has 0 saturated carbocycles. The summed E-state index contributed by atoms with van der Waals surface area (Å²) in [4.78, 5) is 27.0. The lowest BCUT2D eigenvalue weighted by Crippen LogP contribution is -2.29. The third kappa shape index (κ3) is 5.05. The van der Waals surface area contributed by atoms with Crippen LogP contribution in [0.15, 0.2) is 77.5 Å². The van der Waals surface area contributed by atoms with Crippen LogP contribution in [0, 0.1) is 9.39 Å². The van der Waals surface area contributed by atoms with Crippen molar-refractivity contribution in [2.24, 2.45) is 0 Å². The number of allylic oxidation sites excluding steroid dienone is 2. The predicted molar refractivity (Wildman–Crippen MR) is 154 cm³/mol. The molecule has 6 nitrogen and oxygen atoms in total. The van der Waals surface area contributed by atoms with E-state index in [9.17, 15) is 14.0 Å². The van der Waals surface area contributed by atoms with Crippen molar-refractivity contribution in [1.82, 2.24) is 5.32 Å². The van der Waals surface area contributed by atoms with Gasteiger partial charge >= 0.3 is 5.97 Å². The zero-order chi connectivity index (χ0) is 27.7. The molecule has 0 saturated heterocycles. The van der Waals surface area contributed by atoms with Crippen LogP contribution in [-0.2, 0) is 16.1 Å². The van der Waals surface area contributed by atoms with Crippen LogP contribution in [0.3, 0.4) is 0 Å². The Bertz CT molecular complexity index is 1530. The Labute approximate surface area is 240 Å². The van der Waals surface area contributed by atoms with E-state index >= 15 is 0 Å². The third-order valence-corrected chi connectivity index (χ3v) is 7.51. The molecular weight excluding hydrogens is 612 g/mol. The first kappa shape index (κ1) is 26.9. The summed E-state index contributed by atoms with van der Waals surface area (Å²) in [5.41, 5.74) is 5.15. The molecule has 39 heavy (non-hydrogen) atoms. The average molecular weight is 639 g/mol. The number of rotatable bonds is 8. The van der Waals surface area contributed by atoms with Gasteiger partial charge in [0.1, 0.15) is 12.4 Å². The second-order valence-corrected chi connectivity index (χ2v) is 10.3. The molecule has 0 spiro atoms. The zero-order valence-electron chi connectivity index (χ0n) is 21.8. The SMILES string of the molecule is CCOC(=O)C1=C(C)NC2=C(C(=O)c3ccccc32)[C@H]1c1cc(I)c(OCc2ccc(F)cc2)c(OCC)c1.